The minimum absolute atomic E-state index is 0.993. The Morgan fingerprint density at radius 1 is 1.71 bits per heavy atom. The van der Waals surface area contributed by atoms with E-state index in [4.69, 9.17) is 0 Å². The van der Waals surface area contributed by atoms with Gasteiger partial charge in [-0.15, -0.1) is 0 Å². The molecular weight excluding hydrogens is 84.1 g/mol. The van der Waals surface area contributed by atoms with Crippen LogP contribution in [0.15, 0.2) is 5.57 Å². The molecule has 0 unspecified atom stereocenters. The first kappa shape index (κ1) is 6.74. The summed E-state index contributed by atoms with van der Waals surface area (Å²) in [5.41, 5.74) is 1.31. The van der Waals surface area contributed by atoms with Crippen LogP contribution in [0.1, 0.15) is 26.7 Å². The van der Waals surface area contributed by atoms with Crippen LogP contribution in [0.25, 0.3) is 0 Å². The van der Waals surface area contributed by atoms with Gasteiger partial charge in [0, 0.05) is 0 Å². The van der Waals surface area contributed by atoms with Gasteiger partial charge in [-0.3, -0.25) is 0 Å². The molecule has 0 aromatic carbocycles. The molecule has 0 aliphatic heterocycles. The molecule has 0 aromatic rings. The number of rotatable bonds is 2. The van der Waals surface area contributed by atoms with Crippen LogP contribution in [0.3, 0.4) is 0 Å². The first-order chi connectivity index (χ1) is 3.31. The predicted molar refractivity (Wildman–Crippen MR) is 32.7 cm³/mol. The van der Waals surface area contributed by atoms with Crippen molar-refractivity contribution in [3.05, 3.63) is 18.6 Å². The maximum Gasteiger partial charge on any atom is -0.0317 e. The van der Waals surface area contributed by atoms with Crippen LogP contribution >= 0.6 is 0 Å². The molecular formula is C7H12. The third-order valence-electron chi connectivity index (χ3n) is 0.979. The smallest absolute Gasteiger partial charge is 0.0317 e. The molecule has 0 aliphatic rings. The van der Waals surface area contributed by atoms with Gasteiger partial charge in [-0.05, 0) is 32.8 Å². The van der Waals surface area contributed by atoms with Gasteiger partial charge in [-0.1, -0.05) is 12.5 Å². The standard InChI is InChI=1S/C7H12/c1-4-6-7(3)5-2/h1,4,6H2,2-3H3. The van der Waals surface area contributed by atoms with Crippen molar-refractivity contribution in [3.63, 3.8) is 0 Å². The van der Waals surface area contributed by atoms with E-state index in [1.165, 1.54) is 5.57 Å². The van der Waals surface area contributed by atoms with E-state index >= 15 is 0 Å². The number of hydrogen-bond acceptors (Lipinski definition) is 0. The maximum absolute atomic E-state index is 3.71. The van der Waals surface area contributed by atoms with Gasteiger partial charge < -0.3 is 0 Å². The fourth-order valence-corrected chi connectivity index (χ4v) is 0.390. The second kappa shape index (κ2) is 3.91. The van der Waals surface area contributed by atoms with E-state index in [1.54, 1.807) is 0 Å². The van der Waals surface area contributed by atoms with E-state index in [-0.39, 0.29) is 0 Å². The maximum atomic E-state index is 3.71. The average Bonchev–Trinajstić information content (AvgIpc) is 1.68. The fraction of sp³-hybridized carbons (Fsp3) is 0.571. The van der Waals surface area contributed by atoms with E-state index in [2.05, 4.69) is 19.9 Å². The summed E-state index contributed by atoms with van der Waals surface area (Å²) in [4.78, 5) is 0. The third-order valence-corrected chi connectivity index (χ3v) is 0.979. The zero-order valence-electron chi connectivity index (χ0n) is 5.12. The highest BCUT2D eigenvalue weighted by molar-refractivity contribution is 4.89. The van der Waals surface area contributed by atoms with E-state index in [0.29, 0.717) is 0 Å². The van der Waals surface area contributed by atoms with Crippen molar-refractivity contribution in [2.45, 2.75) is 26.7 Å². The Bertz CT molecular complexity index is 60.4. The van der Waals surface area contributed by atoms with Crippen LogP contribution in [0.2, 0.25) is 0 Å². The highest BCUT2D eigenvalue weighted by Gasteiger charge is 1.80. The summed E-state index contributed by atoms with van der Waals surface area (Å²) in [6.07, 6.45) is 5.13. The number of hydrogen-bond donors (Lipinski definition) is 0. The largest absolute Gasteiger partial charge is 0.0701 e. The Kier molecular flexibility index (Phi) is 3.77. The van der Waals surface area contributed by atoms with Gasteiger partial charge in [-0.2, -0.15) is 0 Å². The first-order valence-electron chi connectivity index (χ1n) is 2.60. The molecule has 0 saturated heterocycles. The molecule has 0 aromatic heterocycles. The van der Waals surface area contributed by atoms with E-state index < -0.39 is 0 Å². The van der Waals surface area contributed by atoms with Crippen LogP contribution in [-0.4, -0.2) is 0 Å². The van der Waals surface area contributed by atoms with Crippen LogP contribution in [-0.2, 0) is 0 Å². The molecule has 0 N–H and O–H groups in total. The fourth-order valence-electron chi connectivity index (χ4n) is 0.390. The SMILES string of the molecule is [CH2]CC/C(C)=[C]/C. The molecule has 0 fully saturated rings. The van der Waals surface area contributed by atoms with Crippen LogP contribution < -0.4 is 0 Å². The molecule has 0 saturated carbocycles. The lowest BCUT2D eigenvalue weighted by atomic mass is 10.2. The third kappa shape index (κ3) is 3.57. The summed E-state index contributed by atoms with van der Waals surface area (Å²) < 4.78 is 0. The molecule has 0 amide bonds. The Hall–Kier alpha value is -0.260. The molecule has 0 rings (SSSR count). The van der Waals surface area contributed by atoms with Crippen molar-refractivity contribution in [2.75, 3.05) is 0 Å². The summed E-state index contributed by atoms with van der Waals surface area (Å²) in [5.74, 6) is 0. The van der Waals surface area contributed by atoms with Crippen molar-refractivity contribution in [2.24, 2.45) is 0 Å². The summed E-state index contributed by atoms with van der Waals surface area (Å²) in [6, 6.07) is 0. The van der Waals surface area contributed by atoms with Crippen molar-refractivity contribution in [3.8, 4) is 0 Å². The summed E-state index contributed by atoms with van der Waals surface area (Å²) in [7, 11) is 0. The number of allylic oxidation sites excluding steroid dienone is 2. The lowest BCUT2D eigenvalue weighted by Crippen LogP contribution is -1.71. The minimum Gasteiger partial charge on any atom is -0.0701 e. The topological polar surface area (TPSA) is 0 Å². The molecule has 7 heavy (non-hydrogen) atoms. The monoisotopic (exact) mass is 96.1 g/mol. The first-order valence-corrected chi connectivity index (χ1v) is 2.60. The van der Waals surface area contributed by atoms with Crippen LogP contribution in [0, 0.1) is 13.0 Å². The Morgan fingerprint density at radius 3 is 2.43 bits per heavy atom. The van der Waals surface area contributed by atoms with Gasteiger partial charge >= 0.3 is 0 Å². The zero-order chi connectivity index (χ0) is 5.70. The molecule has 0 bridgehead atoms. The second-order valence-electron chi connectivity index (χ2n) is 1.63. The molecule has 2 radical (unpaired) electrons. The van der Waals surface area contributed by atoms with E-state index in [0.717, 1.165) is 12.8 Å². The van der Waals surface area contributed by atoms with Gasteiger partial charge in [0.1, 0.15) is 0 Å². The summed E-state index contributed by atoms with van der Waals surface area (Å²) >= 11 is 0. The Labute approximate surface area is 46.2 Å². The van der Waals surface area contributed by atoms with Gasteiger partial charge in [-0.25, -0.2) is 0 Å². The molecule has 0 nitrogen and oxygen atoms in total. The second-order valence-corrected chi connectivity index (χ2v) is 1.63. The van der Waals surface area contributed by atoms with Crippen LogP contribution in [0.4, 0.5) is 0 Å². The van der Waals surface area contributed by atoms with Gasteiger partial charge in [0.15, 0.2) is 0 Å². The van der Waals surface area contributed by atoms with Crippen molar-refractivity contribution in [1.82, 2.24) is 0 Å². The van der Waals surface area contributed by atoms with Gasteiger partial charge in [0.25, 0.3) is 0 Å². The van der Waals surface area contributed by atoms with Crippen molar-refractivity contribution < 1.29 is 0 Å². The molecule has 40 valence electrons. The quantitative estimate of drug-likeness (QED) is 0.495. The Balaban J connectivity index is 3.17. The predicted octanol–water partition coefficient (Wildman–Crippen LogP) is 2.37. The summed E-state index contributed by atoms with van der Waals surface area (Å²) in [6.45, 7) is 7.72. The van der Waals surface area contributed by atoms with Gasteiger partial charge in [0.05, 0.1) is 0 Å². The minimum atomic E-state index is 0.993. The average molecular weight is 96.2 g/mol. The molecule has 0 heterocycles. The summed E-state index contributed by atoms with van der Waals surface area (Å²) in [5, 5.41) is 0. The lowest BCUT2D eigenvalue weighted by Gasteiger charge is -1.90. The normalized spacial score (nSPS) is 12.1. The van der Waals surface area contributed by atoms with E-state index in [1.807, 2.05) is 6.92 Å². The molecule has 0 aliphatic carbocycles. The Morgan fingerprint density at radius 2 is 2.29 bits per heavy atom. The van der Waals surface area contributed by atoms with Gasteiger partial charge in [0.2, 0.25) is 0 Å². The van der Waals surface area contributed by atoms with E-state index in [9.17, 15) is 0 Å². The zero-order valence-corrected chi connectivity index (χ0v) is 5.12. The highest BCUT2D eigenvalue weighted by atomic mass is 13.9. The molecule has 0 spiro atoms. The van der Waals surface area contributed by atoms with Crippen LogP contribution in [0.5, 0.6) is 0 Å². The molecule has 0 heteroatoms. The lowest BCUT2D eigenvalue weighted by molar-refractivity contribution is 0.966. The highest BCUT2D eigenvalue weighted by Crippen LogP contribution is 1.99. The van der Waals surface area contributed by atoms with Crippen molar-refractivity contribution in [1.29, 1.82) is 0 Å². The van der Waals surface area contributed by atoms with Crippen molar-refractivity contribution >= 4 is 0 Å². The molecule has 0 atom stereocenters.